The number of nitro benzene ring substituents is 1. The van der Waals surface area contributed by atoms with E-state index in [9.17, 15) is 14.9 Å². The van der Waals surface area contributed by atoms with E-state index in [1.165, 1.54) is 6.07 Å². The van der Waals surface area contributed by atoms with Crippen LogP contribution in [0.15, 0.2) is 48.5 Å². The molecule has 6 nitrogen and oxygen atoms in total. The number of para-hydroxylation sites is 1. The van der Waals surface area contributed by atoms with Gasteiger partial charge in [0, 0.05) is 17.3 Å². The second kappa shape index (κ2) is 6.30. The van der Waals surface area contributed by atoms with Gasteiger partial charge >= 0.3 is 0 Å². The molecule has 1 N–H and O–H groups in total. The first-order valence-corrected chi connectivity index (χ1v) is 6.10. The summed E-state index contributed by atoms with van der Waals surface area (Å²) in [5.74, 6) is -0.347. The van der Waals surface area contributed by atoms with Crippen LogP contribution in [0.1, 0.15) is 5.56 Å². The fourth-order valence-electron chi connectivity index (χ4n) is 1.84. The van der Waals surface area contributed by atoms with Crippen molar-refractivity contribution in [3.8, 4) is 0 Å². The van der Waals surface area contributed by atoms with Crippen LogP contribution in [0, 0.1) is 16.7 Å². The van der Waals surface area contributed by atoms with Crippen LogP contribution in [0.5, 0.6) is 0 Å². The molecule has 6 heteroatoms. The van der Waals surface area contributed by atoms with Crippen LogP contribution in [0.3, 0.4) is 0 Å². The zero-order valence-electron chi connectivity index (χ0n) is 10.9. The predicted octanol–water partition coefficient (Wildman–Crippen LogP) is 3.33. The highest BCUT2D eigenvalue weighted by Crippen LogP contribution is 2.19. The number of rotatable bonds is 4. The molecule has 0 fully saturated rings. The lowest BCUT2D eigenvalue weighted by Crippen LogP contribution is -2.15. The Bertz CT molecular complexity index is 718. The van der Waals surface area contributed by atoms with Crippen LogP contribution in [0.25, 0.3) is 4.85 Å². The second-order valence-corrected chi connectivity index (χ2v) is 4.27. The summed E-state index contributed by atoms with van der Waals surface area (Å²) in [6.45, 7) is 6.84. The fraction of sp³-hybridized carbons (Fsp3) is 0.0667. The van der Waals surface area contributed by atoms with Gasteiger partial charge in [-0.25, -0.2) is 4.85 Å². The Kier molecular flexibility index (Phi) is 4.26. The zero-order chi connectivity index (χ0) is 15.2. The Morgan fingerprint density at radius 3 is 2.48 bits per heavy atom. The highest BCUT2D eigenvalue weighted by molar-refractivity contribution is 5.93. The summed E-state index contributed by atoms with van der Waals surface area (Å²) in [7, 11) is 0. The summed E-state index contributed by atoms with van der Waals surface area (Å²) < 4.78 is 0. The van der Waals surface area contributed by atoms with Crippen LogP contribution in [0.4, 0.5) is 17.1 Å². The summed E-state index contributed by atoms with van der Waals surface area (Å²) in [6.07, 6.45) is -0.0816. The highest BCUT2D eigenvalue weighted by atomic mass is 16.6. The number of nitrogens with zero attached hydrogens (tertiary/aromatic N) is 2. The molecule has 104 valence electrons. The number of nitro groups is 1. The van der Waals surface area contributed by atoms with E-state index in [1.54, 1.807) is 42.5 Å². The first-order chi connectivity index (χ1) is 10.1. The second-order valence-electron chi connectivity index (χ2n) is 4.27. The van der Waals surface area contributed by atoms with E-state index in [0.29, 0.717) is 16.9 Å². The third-order valence-electron chi connectivity index (χ3n) is 2.82. The first kappa shape index (κ1) is 14.2. The van der Waals surface area contributed by atoms with Gasteiger partial charge in [0.1, 0.15) is 0 Å². The van der Waals surface area contributed by atoms with E-state index >= 15 is 0 Å². The van der Waals surface area contributed by atoms with Crippen LogP contribution in [-0.2, 0) is 11.2 Å². The Morgan fingerprint density at radius 2 is 1.86 bits per heavy atom. The lowest BCUT2D eigenvalue weighted by molar-refractivity contribution is -0.385. The van der Waals surface area contributed by atoms with E-state index in [-0.39, 0.29) is 18.0 Å². The minimum atomic E-state index is -0.507. The molecule has 2 aromatic rings. The van der Waals surface area contributed by atoms with Crippen molar-refractivity contribution in [1.82, 2.24) is 0 Å². The Morgan fingerprint density at radius 1 is 1.19 bits per heavy atom. The van der Waals surface area contributed by atoms with Crippen molar-refractivity contribution >= 4 is 23.0 Å². The van der Waals surface area contributed by atoms with E-state index in [1.807, 2.05) is 0 Å². The fourth-order valence-corrected chi connectivity index (χ4v) is 1.84. The van der Waals surface area contributed by atoms with Gasteiger partial charge < -0.3 is 5.32 Å². The van der Waals surface area contributed by atoms with Gasteiger partial charge in [0.05, 0.1) is 17.9 Å². The lowest BCUT2D eigenvalue weighted by Gasteiger charge is -2.06. The third kappa shape index (κ3) is 3.64. The molecule has 0 aliphatic rings. The molecule has 0 saturated carbocycles. The molecule has 0 radical (unpaired) electrons. The number of hydrogen-bond donors (Lipinski definition) is 1. The SMILES string of the molecule is [C-]#[N+]c1ccc(NC(=O)Cc2ccccc2[N+](=O)[O-])cc1. The molecule has 21 heavy (non-hydrogen) atoms. The minimum Gasteiger partial charge on any atom is -0.326 e. The summed E-state index contributed by atoms with van der Waals surface area (Å²) in [5, 5.41) is 13.5. The molecule has 0 saturated heterocycles. The molecule has 0 unspecified atom stereocenters. The largest absolute Gasteiger partial charge is 0.326 e. The van der Waals surface area contributed by atoms with E-state index in [2.05, 4.69) is 10.2 Å². The maximum absolute atomic E-state index is 11.9. The number of amides is 1. The van der Waals surface area contributed by atoms with Crippen molar-refractivity contribution in [2.75, 3.05) is 5.32 Å². The van der Waals surface area contributed by atoms with Gasteiger partial charge in [0.25, 0.3) is 5.69 Å². The predicted molar refractivity (Wildman–Crippen MR) is 78.1 cm³/mol. The van der Waals surface area contributed by atoms with Crippen molar-refractivity contribution in [3.63, 3.8) is 0 Å². The van der Waals surface area contributed by atoms with Crippen LogP contribution in [0.2, 0.25) is 0 Å². The Balaban J connectivity index is 2.08. The molecule has 2 aromatic carbocycles. The molecule has 0 aromatic heterocycles. The van der Waals surface area contributed by atoms with E-state index in [0.717, 1.165) is 0 Å². The zero-order valence-corrected chi connectivity index (χ0v) is 10.9. The number of benzene rings is 2. The summed E-state index contributed by atoms with van der Waals surface area (Å²) in [6, 6.07) is 12.5. The third-order valence-corrected chi connectivity index (χ3v) is 2.82. The topological polar surface area (TPSA) is 76.6 Å². The smallest absolute Gasteiger partial charge is 0.273 e. The Hall–Kier alpha value is -3.20. The van der Waals surface area contributed by atoms with E-state index < -0.39 is 4.92 Å². The quantitative estimate of drug-likeness (QED) is 0.530. The molecule has 2 rings (SSSR count). The lowest BCUT2D eigenvalue weighted by atomic mass is 10.1. The highest BCUT2D eigenvalue weighted by Gasteiger charge is 2.15. The molecular weight excluding hydrogens is 270 g/mol. The number of anilines is 1. The normalized spacial score (nSPS) is 9.67. The molecule has 0 heterocycles. The summed E-state index contributed by atoms with van der Waals surface area (Å²) in [5.41, 5.74) is 1.31. The van der Waals surface area contributed by atoms with Gasteiger partial charge in [0.15, 0.2) is 5.69 Å². The number of hydrogen-bond acceptors (Lipinski definition) is 3. The average molecular weight is 281 g/mol. The van der Waals surface area contributed by atoms with Crippen molar-refractivity contribution in [2.45, 2.75) is 6.42 Å². The molecule has 0 bridgehead atoms. The van der Waals surface area contributed by atoms with Gasteiger partial charge in [-0.2, -0.15) is 0 Å². The van der Waals surface area contributed by atoms with Crippen molar-refractivity contribution in [3.05, 3.63) is 75.6 Å². The first-order valence-electron chi connectivity index (χ1n) is 6.10. The monoisotopic (exact) mass is 281 g/mol. The van der Waals surface area contributed by atoms with Crippen LogP contribution >= 0.6 is 0 Å². The van der Waals surface area contributed by atoms with Gasteiger partial charge in [-0.15, -0.1) is 0 Å². The summed E-state index contributed by atoms with van der Waals surface area (Å²) >= 11 is 0. The maximum atomic E-state index is 11.9. The molecular formula is C15H11N3O3. The molecule has 0 atom stereocenters. The number of nitrogens with one attached hydrogen (secondary N) is 1. The van der Waals surface area contributed by atoms with Gasteiger partial charge in [-0.1, -0.05) is 30.3 Å². The summed E-state index contributed by atoms with van der Waals surface area (Å²) in [4.78, 5) is 25.5. The molecule has 1 amide bonds. The Labute approximate surface area is 121 Å². The standard InChI is InChI=1S/C15H11N3O3/c1-16-12-6-8-13(9-7-12)17-15(19)10-11-4-2-3-5-14(11)18(20)21/h2-9H,10H2,(H,17,19). The molecule has 0 aliphatic heterocycles. The number of carbonyl (C=O) groups is 1. The maximum Gasteiger partial charge on any atom is 0.273 e. The van der Waals surface area contributed by atoms with Crippen LogP contribution < -0.4 is 5.32 Å². The molecule has 0 spiro atoms. The van der Waals surface area contributed by atoms with Crippen molar-refractivity contribution in [1.29, 1.82) is 0 Å². The molecule has 0 aliphatic carbocycles. The minimum absolute atomic E-state index is 0.0731. The van der Waals surface area contributed by atoms with Gasteiger partial charge in [-0.05, 0) is 12.1 Å². The van der Waals surface area contributed by atoms with Crippen molar-refractivity contribution < 1.29 is 9.72 Å². The van der Waals surface area contributed by atoms with Gasteiger partial charge in [-0.3, -0.25) is 14.9 Å². The van der Waals surface area contributed by atoms with Gasteiger partial charge in [0.2, 0.25) is 5.91 Å². The van der Waals surface area contributed by atoms with Crippen molar-refractivity contribution in [2.24, 2.45) is 0 Å². The van der Waals surface area contributed by atoms with E-state index in [4.69, 9.17) is 6.57 Å². The number of carbonyl (C=O) groups excluding carboxylic acids is 1. The average Bonchev–Trinajstić information content (AvgIpc) is 2.48. The van der Waals surface area contributed by atoms with Crippen LogP contribution in [-0.4, -0.2) is 10.8 Å².